The van der Waals surface area contributed by atoms with E-state index in [-0.39, 0.29) is 0 Å². The summed E-state index contributed by atoms with van der Waals surface area (Å²) in [5, 5.41) is 3.55. The summed E-state index contributed by atoms with van der Waals surface area (Å²) in [6.07, 6.45) is 6.67. The lowest BCUT2D eigenvalue weighted by molar-refractivity contribution is 0.479. The van der Waals surface area contributed by atoms with E-state index in [0.717, 1.165) is 25.0 Å². The molecule has 0 aliphatic carbocycles. The molecule has 21 heavy (non-hydrogen) atoms. The van der Waals surface area contributed by atoms with Crippen LogP contribution < -0.4 is 5.32 Å². The maximum absolute atomic E-state index is 4.43. The van der Waals surface area contributed by atoms with Crippen molar-refractivity contribution in [2.75, 3.05) is 0 Å². The molecule has 0 saturated carbocycles. The number of nitrogens with zero attached hydrogens (tertiary/aromatic N) is 3. The Labute approximate surface area is 124 Å². The molecule has 1 aromatic carbocycles. The van der Waals surface area contributed by atoms with Gasteiger partial charge in [0, 0.05) is 31.5 Å². The molecule has 2 aromatic heterocycles. The van der Waals surface area contributed by atoms with Crippen LogP contribution in [0.3, 0.4) is 0 Å². The fraction of sp³-hybridized carbons (Fsp3) is 0.294. The minimum atomic E-state index is 0.458. The molecule has 0 saturated heterocycles. The molecular formula is C17H20N4. The molecule has 3 aromatic rings. The van der Waals surface area contributed by atoms with Gasteiger partial charge in [0.25, 0.3) is 0 Å². The van der Waals surface area contributed by atoms with Gasteiger partial charge in [-0.15, -0.1) is 0 Å². The molecule has 108 valence electrons. The van der Waals surface area contributed by atoms with Crippen molar-refractivity contribution in [3.8, 4) is 0 Å². The number of hydrogen-bond donors (Lipinski definition) is 1. The Balaban J connectivity index is 1.53. The lowest BCUT2D eigenvalue weighted by Crippen LogP contribution is -2.26. The second-order valence-corrected chi connectivity index (χ2v) is 5.35. The zero-order valence-corrected chi connectivity index (χ0v) is 12.2. The number of pyridine rings is 1. The van der Waals surface area contributed by atoms with Crippen LogP contribution in [-0.2, 0) is 13.1 Å². The summed E-state index contributed by atoms with van der Waals surface area (Å²) >= 11 is 0. The van der Waals surface area contributed by atoms with Gasteiger partial charge in [0.15, 0.2) is 0 Å². The summed E-state index contributed by atoms with van der Waals surface area (Å²) in [6.45, 7) is 4.08. The van der Waals surface area contributed by atoms with Crippen molar-refractivity contribution in [1.82, 2.24) is 19.9 Å². The smallest absolute Gasteiger partial charge is 0.0958 e. The minimum absolute atomic E-state index is 0.458. The Morgan fingerprint density at radius 2 is 1.95 bits per heavy atom. The van der Waals surface area contributed by atoms with Gasteiger partial charge in [0.1, 0.15) is 0 Å². The molecule has 1 unspecified atom stereocenters. The fourth-order valence-electron chi connectivity index (χ4n) is 2.42. The molecule has 1 atom stereocenters. The van der Waals surface area contributed by atoms with Crippen LogP contribution in [-0.4, -0.2) is 20.6 Å². The Morgan fingerprint density at radius 3 is 2.81 bits per heavy atom. The first-order valence-electron chi connectivity index (χ1n) is 7.35. The van der Waals surface area contributed by atoms with E-state index in [1.807, 2.05) is 36.9 Å². The summed E-state index contributed by atoms with van der Waals surface area (Å²) < 4.78 is 2.22. The molecule has 3 rings (SSSR count). The molecule has 4 heteroatoms. The zero-order chi connectivity index (χ0) is 14.5. The number of aromatic nitrogens is 3. The number of para-hydroxylation sites is 2. The molecule has 1 N–H and O–H groups in total. The van der Waals surface area contributed by atoms with Crippen molar-refractivity contribution in [2.24, 2.45) is 0 Å². The maximum atomic E-state index is 4.43. The van der Waals surface area contributed by atoms with Crippen molar-refractivity contribution in [3.63, 3.8) is 0 Å². The third-order valence-electron chi connectivity index (χ3n) is 3.73. The third kappa shape index (κ3) is 3.47. The van der Waals surface area contributed by atoms with Crippen molar-refractivity contribution in [3.05, 3.63) is 60.7 Å². The molecule has 0 amide bonds. The van der Waals surface area contributed by atoms with Gasteiger partial charge in [-0.3, -0.25) is 4.98 Å². The van der Waals surface area contributed by atoms with Crippen LogP contribution in [0.1, 0.15) is 18.9 Å². The molecule has 0 bridgehead atoms. The zero-order valence-electron chi connectivity index (χ0n) is 12.2. The van der Waals surface area contributed by atoms with Crippen LogP contribution >= 0.6 is 0 Å². The van der Waals surface area contributed by atoms with Crippen molar-refractivity contribution >= 4 is 11.0 Å². The Hall–Kier alpha value is -2.20. The maximum Gasteiger partial charge on any atom is 0.0958 e. The summed E-state index contributed by atoms with van der Waals surface area (Å²) in [7, 11) is 0. The topological polar surface area (TPSA) is 42.7 Å². The van der Waals surface area contributed by atoms with Crippen LogP contribution in [0.2, 0.25) is 0 Å². The average Bonchev–Trinajstić information content (AvgIpc) is 2.95. The van der Waals surface area contributed by atoms with E-state index in [2.05, 4.69) is 45.0 Å². The molecule has 4 nitrogen and oxygen atoms in total. The first kappa shape index (κ1) is 13.8. The monoisotopic (exact) mass is 280 g/mol. The van der Waals surface area contributed by atoms with E-state index < -0.39 is 0 Å². The number of aryl methyl sites for hydroxylation is 1. The molecule has 0 radical (unpaired) electrons. The van der Waals surface area contributed by atoms with Gasteiger partial charge >= 0.3 is 0 Å². The van der Waals surface area contributed by atoms with Gasteiger partial charge in [0.05, 0.1) is 17.4 Å². The van der Waals surface area contributed by atoms with Crippen LogP contribution in [0.25, 0.3) is 11.0 Å². The van der Waals surface area contributed by atoms with Crippen LogP contribution in [0.15, 0.2) is 55.1 Å². The van der Waals surface area contributed by atoms with Crippen LogP contribution in [0, 0.1) is 0 Å². The first-order chi connectivity index (χ1) is 10.3. The van der Waals surface area contributed by atoms with Gasteiger partial charge < -0.3 is 9.88 Å². The average molecular weight is 280 g/mol. The number of rotatable bonds is 6. The lowest BCUT2D eigenvalue weighted by atomic mass is 10.2. The fourth-order valence-corrected chi connectivity index (χ4v) is 2.42. The first-order valence-corrected chi connectivity index (χ1v) is 7.35. The van der Waals surface area contributed by atoms with Gasteiger partial charge in [-0.05, 0) is 43.2 Å². The molecule has 0 aliphatic heterocycles. The predicted molar refractivity (Wildman–Crippen MR) is 84.9 cm³/mol. The van der Waals surface area contributed by atoms with Crippen molar-refractivity contribution in [2.45, 2.75) is 32.5 Å². The van der Waals surface area contributed by atoms with Crippen LogP contribution in [0.4, 0.5) is 0 Å². The van der Waals surface area contributed by atoms with E-state index in [4.69, 9.17) is 0 Å². The number of imidazole rings is 1. The van der Waals surface area contributed by atoms with E-state index in [9.17, 15) is 0 Å². The highest BCUT2D eigenvalue weighted by Crippen LogP contribution is 2.12. The van der Waals surface area contributed by atoms with E-state index >= 15 is 0 Å². The van der Waals surface area contributed by atoms with Crippen LogP contribution in [0.5, 0.6) is 0 Å². The number of benzene rings is 1. The van der Waals surface area contributed by atoms with Gasteiger partial charge in [-0.2, -0.15) is 0 Å². The summed E-state index contributed by atoms with van der Waals surface area (Å²) in [4.78, 5) is 8.46. The predicted octanol–water partition coefficient (Wildman–Crippen LogP) is 3.00. The Bertz CT molecular complexity index is 690. The van der Waals surface area contributed by atoms with Crippen molar-refractivity contribution < 1.29 is 0 Å². The molecule has 0 spiro atoms. The largest absolute Gasteiger partial charge is 0.331 e. The number of nitrogens with one attached hydrogen (secondary N) is 1. The third-order valence-corrected chi connectivity index (χ3v) is 3.73. The standard InChI is InChI=1S/C17H20N4/c1-14(19-12-15-6-9-18-10-7-15)8-11-21-13-20-16-4-2-3-5-17(16)21/h2-7,9-10,13-14,19H,8,11-12H2,1H3. The highest BCUT2D eigenvalue weighted by Gasteiger charge is 2.05. The summed E-state index contributed by atoms with van der Waals surface area (Å²) in [5.41, 5.74) is 3.54. The van der Waals surface area contributed by atoms with E-state index in [1.165, 1.54) is 11.1 Å². The minimum Gasteiger partial charge on any atom is -0.331 e. The highest BCUT2D eigenvalue weighted by atomic mass is 15.0. The Kier molecular flexibility index (Phi) is 4.26. The second-order valence-electron chi connectivity index (χ2n) is 5.35. The normalized spacial score (nSPS) is 12.6. The molecular weight excluding hydrogens is 260 g/mol. The lowest BCUT2D eigenvalue weighted by Gasteiger charge is -2.14. The second kappa shape index (κ2) is 6.50. The number of hydrogen-bond acceptors (Lipinski definition) is 3. The van der Waals surface area contributed by atoms with Crippen molar-refractivity contribution in [1.29, 1.82) is 0 Å². The van der Waals surface area contributed by atoms with Gasteiger partial charge in [-0.1, -0.05) is 12.1 Å². The Morgan fingerprint density at radius 1 is 1.14 bits per heavy atom. The van der Waals surface area contributed by atoms with E-state index in [0.29, 0.717) is 6.04 Å². The van der Waals surface area contributed by atoms with E-state index in [1.54, 1.807) is 0 Å². The van der Waals surface area contributed by atoms with Gasteiger partial charge in [-0.25, -0.2) is 4.98 Å². The summed E-state index contributed by atoms with van der Waals surface area (Å²) in [6, 6.07) is 12.8. The quantitative estimate of drug-likeness (QED) is 0.755. The summed E-state index contributed by atoms with van der Waals surface area (Å²) in [5.74, 6) is 0. The molecule has 2 heterocycles. The highest BCUT2D eigenvalue weighted by molar-refractivity contribution is 5.74. The molecule has 0 fully saturated rings. The molecule has 0 aliphatic rings. The van der Waals surface area contributed by atoms with Gasteiger partial charge in [0.2, 0.25) is 0 Å². The number of fused-ring (bicyclic) bond motifs is 1. The SMILES string of the molecule is CC(CCn1cnc2ccccc21)NCc1ccncc1.